The minimum Gasteiger partial charge on any atom is -0.372 e. The summed E-state index contributed by atoms with van der Waals surface area (Å²) in [5.74, 6) is 0. The van der Waals surface area contributed by atoms with E-state index in [2.05, 4.69) is 20.8 Å². The van der Waals surface area contributed by atoms with Crippen molar-refractivity contribution in [1.29, 1.82) is 0 Å². The predicted molar refractivity (Wildman–Crippen MR) is 100 cm³/mol. The van der Waals surface area contributed by atoms with Gasteiger partial charge in [-0.05, 0) is 36.1 Å². The van der Waals surface area contributed by atoms with E-state index < -0.39 is 15.6 Å². The third kappa shape index (κ3) is 2.96. The first-order valence-electron chi connectivity index (χ1n) is 8.37. The van der Waals surface area contributed by atoms with Crippen molar-refractivity contribution in [3.63, 3.8) is 0 Å². The molecule has 0 aliphatic carbocycles. The van der Waals surface area contributed by atoms with E-state index >= 15 is 0 Å². The smallest absolute Gasteiger partial charge is 0.264 e. The minimum absolute atomic E-state index is 0.0208. The molecular weight excluding hydrogens is 334 g/mol. The third-order valence-electron chi connectivity index (χ3n) is 4.94. The van der Waals surface area contributed by atoms with Crippen LogP contribution in [0.2, 0.25) is 0 Å². The van der Waals surface area contributed by atoms with Crippen molar-refractivity contribution in [2.45, 2.75) is 43.6 Å². The molecule has 0 saturated heterocycles. The molecule has 0 saturated carbocycles. The van der Waals surface area contributed by atoms with Crippen LogP contribution in [0.3, 0.4) is 0 Å². The molecule has 0 N–H and O–H groups in total. The molecule has 4 nitrogen and oxygen atoms in total. The zero-order chi connectivity index (χ0) is 18.5. The normalized spacial score (nSPS) is 22.5. The van der Waals surface area contributed by atoms with Crippen LogP contribution in [0, 0.1) is 0 Å². The van der Waals surface area contributed by atoms with Crippen molar-refractivity contribution >= 4 is 15.7 Å². The molecule has 2 aromatic carbocycles. The van der Waals surface area contributed by atoms with Gasteiger partial charge >= 0.3 is 0 Å². The highest BCUT2D eigenvalue weighted by molar-refractivity contribution is 7.93. The highest BCUT2D eigenvalue weighted by Gasteiger charge is 2.44. The zero-order valence-corrected chi connectivity index (χ0v) is 16.2. The van der Waals surface area contributed by atoms with Crippen molar-refractivity contribution in [2.24, 2.45) is 0 Å². The topological polar surface area (TPSA) is 46.6 Å². The van der Waals surface area contributed by atoms with Gasteiger partial charge in [0.05, 0.1) is 17.1 Å². The molecule has 0 aromatic heterocycles. The molecule has 1 heterocycles. The molecule has 0 fully saturated rings. The van der Waals surface area contributed by atoms with Crippen molar-refractivity contribution in [3.8, 4) is 0 Å². The fourth-order valence-electron chi connectivity index (χ4n) is 3.22. The quantitative estimate of drug-likeness (QED) is 0.812. The van der Waals surface area contributed by atoms with Crippen molar-refractivity contribution in [2.75, 3.05) is 18.0 Å². The Morgan fingerprint density at radius 1 is 1.04 bits per heavy atom. The molecular formula is C20H25NO3S. The lowest BCUT2D eigenvalue weighted by Crippen LogP contribution is -2.49. The van der Waals surface area contributed by atoms with Crippen LogP contribution in [0.5, 0.6) is 0 Å². The molecule has 25 heavy (non-hydrogen) atoms. The molecule has 1 aliphatic heterocycles. The van der Waals surface area contributed by atoms with Crippen molar-refractivity contribution in [1.82, 2.24) is 0 Å². The maximum absolute atomic E-state index is 13.2. The van der Waals surface area contributed by atoms with Crippen LogP contribution in [0.4, 0.5) is 5.69 Å². The number of sulfonamides is 1. The fraction of sp³-hybridized carbons (Fsp3) is 0.400. The Labute approximate surface area is 150 Å². The lowest BCUT2D eigenvalue weighted by molar-refractivity contribution is 0.00679. The molecule has 2 aromatic rings. The van der Waals surface area contributed by atoms with Gasteiger partial charge in [-0.1, -0.05) is 51.1 Å². The van der Waals surface area contributed by atoms with E-state index in [4.69, 9.17) is 4.74 Å². The van der Waals surface area contributed by atoms with E-state index in [0.29, 0.717) is 16.1 Å². The zero-order valence-electron chi connectivity index (χ0n) is 15.4. The second kappa shape index (κ2) is 5.85. The maximum atomic E-state index is 13.2. The molecule has 3 rings (SSSR count). The Hall–Kier alpha value is -1.85. The van der Waals surface area contributed by atoms with Crippen LogP contribution < -0.4 is 4.31 Å². The van der Waals surface area contributed by atoms with Crippen LogP contribution >= 0.6 is 0 Å². The van der Waals surface area contributed by atoms with E-state index in [1.54, 1.807) is 19.2 Å². The monoisotopic (exact) mass is 359 g/mol. The summed E-state index contributed by atoms with van der Waals surface area (Å²) < 4.78 is 33.5. The van der Waals surface area contributed by atoms with Gasteiger partial charge in [0.25, 0.3) is 10.0 Å². The number of hydrogen-bond acceptors (Lipinski definition) is 3. The molecule has 1 atom stereocenters. The Balaban J connectivity index is 2.12. The van der Waals surface area contributed by atoms with E-state index in [0.717, 1.165) is 0 Å². The molecule has 0 spiro atoms. The first-order valence-corrected chi connectivity index (χ1v) is 9.81. The Bertz CT molecular complexity index is 882. The Kier molecular flexibility index (Phi) is 4.20. The van der Waals surface area contributed by atoms with Gasteiger partial charge in [-0.25, -0.2) is 8.42 Å². The fourth-order valence-corrected chi connectivity index (χ4v) is 5.09. The first-order chi connectivity index (χ1) is 11.6. The Morgan fingerprint density at radius 3 is 2.20 bits per heavy atom. The molecule has 0 radical (unpaired) electrons. The van der Waals surface area contributed by atoms with Gasteiger partial charge in [0.1, 0.15) is 5.60 Å². The summed E-state index contributed by atoms with van der Waals surface area (Å²) in [6, 6.07) is 14.8. The number of benzene rings is 2. The SMILES string of the molecule is COC1(C)CN(c2ccc(C(C)(C)C)cc2)S(=O)(=O)c2ccccc21. The van der Waals surface area contributed by atoms with E-state index in [1.807, 2.05) is 43.3 Å². The van der Waals surface area contributed by atoms with Crippen LogP contribution in [-0.2, 0) is 25.8 Å². The summed E-state index contributed by atoms with van der Waals surface area (Å²) >= 11 is 0. The second-order valence-electron chi connectivity index (χ2n) is 7.74. The first kappa shape index (κ1) is 18.0. The lowest BCUT2D eigenvalue weighted by Gasteiger charge is -2.41. The van der Waals surface area contributed by atoms with Gasteiger partial charge in [0.15, 0.2) is 0 Å². The van der Waals surface area contributed by atoms with E-state index in [9.17, 15) is 8.42 Å². The largest absolute Gasteiger partial charge is 0.372 e. The number of hydrogen-bond donors (Lipinski definition) is 0. The van der Waals surface area contributed by atoms with Crippen LogP contribution in [0.15, 0.2) is 53.4 Å². The van der Waals surface area contributed by atoms with Crippen LogP contribution in [0.25, 0.3) is 0 Å². The second-order valence-corrected chi connectivity index (χ2v) is 9.57. The highest BCUT2D eigenvalue weighted by Crippen LogP contribution is 2.40. The van der Waals surface area contributed by atoms with Gasteiger partial charge in [-0.15, -0.1) is 0 Å². The lowest BCUT2D eigenvalue weighted by atomic mass is 9.87. The standard InChI is InChI=1S/C20H25NO3S/c1-19(2,3)15-10-12-16(13-11-15)21-14-20(4,24-5)17-8-6-7-9-18(17)25(21,22)23/h6-13H,14H2,1-5H3. The highest BCUT2D eigenvalue weighted by atomic mass is 32.2. The van der Waals surface area contributed by atoms with Gasteiger partial charge in [0, 0.05) is 12.7 Å². The molecule has 1 aliphatic rings. The van der Waals surface area contributed by atoms with Gasteiger partial charge in [-0.3, -0.25) is 4.31 Å². The van der Waals surface area contributed by atoms with Crippen molar-refractivity contribution in [3.05, 3.63) is 59.7 Å². The van der Waals surface area contributed by atoms with Gasteiger partial charge in [-0.2, -0.15) is 0 Å². The minimum atomic E-state index is -3.61. The summed E-state index contributed by atoms with van der Waals surface area (Å²) in [4.78, 5) is 0.311. The number of nitrogens with zero attached hydrogens (tertiary/aromatic N) is 1. The van der Waals surface area contributed by atoms with Gasteiger partial charge in [0.2, 0.25) is 0 Å². The summed E-state index contributed by atoms with van der Waals surface area (Å²) in [6.45, 7) is 8.59. The van der Waals surface area contributed by atoms with Gasteiger partial charge < -0.3 is 4.74 Å². The molecule has 5 heteroatoms. The number of ether oxygens (including phenoxy) is 1. The summed E-state index contributed by atoms with van der Waals surface area (Å²) in [5.41, 5.74) is 1.86. The summed E-state index contributed by atoms with van der Waals surface area (Å²) in [7, 11) is -1.99. The summed E-state index contributed by atoms with van der Waals surface area (Å²) in [6.07, 6.45) is 0. The van der Waals surface area contributed by atoms with Crippen LogP contribution in [-0.4, -0.2) is 22.1 Å². The van der Waals surface area contributed by atoms with E-state index in [1.165, 1.54) is 9.87 Å². The van der Waals surface area contributed by atoms with Crippen molar-refractivity contribution < 1.29 is 13.2 Å². The number of methoxy groups -OCH3 is 1. The average Bonchev–Trinajstić information content (AvgIpc) is 2.58. The number of rotatable bonds is 2. The summed E-state index contributed by atoms with van der Waals surface area (Å²) in [5, 5.41) is 0. The molecule has 0 amide bonds. The predicted octanol–water partition coefficient (Wildman–Crippen LogP) is 4.05. The van der Waals surface area contributed by atoms with Crippen LogP contribution in [0.1, 0.15) is 38.8 Å². The number of anilines is 1. The average molecular weight is 359 g/mol. The molecule has 1 unspecified atom stereocenters. The molecule has 0 bridgehead atoms. The maximum Gasteiger partial charge on any atom is 0.264 e. The third-order valence-corrected chi connectivity index (χ3v) is 6.77. The molecule has 134 valence electrons. The van der Waals surface area contributed by atoms with E-state index in [-0.39, 0.29) is 12.0 Å². The number of fused-ring (bicyclic) bond motifs is 1. The Morgan fingerprint density at radius 2 is 1.64 bits per heavy atom.